The van der Waals surface area contributed by atoms with Crippen LogP contribution in [0.1, 0.15) is 17.5 Å². The van der Waals surface area contributed by atoms with Crippen molar-refractivity contribution in [2.75, 3.05) is 6.61 Å². The maximum atomic E-state index is 12.0. The topological polar surface area (TPSA) is 63.6 Å². The molecule has 0 spiro atoms. The molecular formula is C17H19BrO4S. The molecule has 0 heterocycles. The first kappa shape index (κ1) is 18.1. The highest BCUT2D eigenvalue weighted by Crippen LogP contribution is 2.15. The Morgan fingerprint density at radius 3 is 2.30 bits per heavy atom. The van der Waals surface area contributed by atoms with Crippen molar-refractivity contribution in [2.45, 2.75) is 30.8 Å². The molecule has 124 valence electrons. The molecule has 0 aliphatic carbocycles. The Morgan fingerprint density at radius 1 is 1.09 bits per heavy atom. The SMILES string of the molecule is Cc1ccc(S(=O)(=O)OC[C@@H](O)CCc2ccc(Br)cc2)cc1. The number of rotatable bonds is 7. The zero-order valence-corrected chi connectivity index (χ0v) is 15.2. The number of aliphatic hydroxyl groups excluding tert-OH is 1. The predicted octanol–water partition coefficient (Wildman–Crippen LogP) is 3.46. The first-order valence-corrected chi connectivity index (χ1v) is 9.45. The van der Waals surface area contributed by atoms with E-state index in [2.05, 4.69) is 15.9 Å². The summed E-state index contributed by atoms with van der Waals surface area (Å²) in [5.74, 6) is 0. The summed E-state index contributed by atoms with van der Waals surface area (Å²) in [6, 6.07) is 14.2. The summed E-state index contributed by atoms with van der Waals surface area (Å²) in [5, 5.41) is 9.92. The first-order chi connectivity index (χ1) is 10.9. The van der Waals surface area contributed by atoms with Crippen molar-refractivity contribution in [3.05, 3.63) is 64.1 Å². The summed E-state index contributed by atoms with van der Waals surface area (Å²) in [6.07, 6.45) is 0.256. The minimum Gasteiger partial charge on any atom is -0.391 e. The lowest BCUT2D eigenvalue weighted by atomic mass is 10.1. The maximum absolute atomic E-state index is 12.0. The van der Waals surface area contributed by atoms with E-state index < -0.39 is 16.2 Å². The zero-order chi connectivity index (χ0) is 16.9. The lowest BCUT2D eigenvalue weighted by Crippen LogP contribution is -2.19. The Balaban J connectivity index is 1.84. The number of hydrogen-bond donors (Lipinski definition) is 1. The van der Waals surface area contributed by atoms with E-state index in [4.69, 9.17) is 4.18 Å². The van der Waals surface area contributed by atoms with Gasteiger partial charge in [-0.1, -0.05) is 45.8 Å². The van der Waals surface area contributed by atoms with Crippen molar-refractivity contribution >= 4 is 26.0 Å². The van der Waals surface area contributed by atoms with Crippen molar-refractivity contribution in [3.63, 3.8) is 0 Å². The van der Waals surface area contributed by atoms with E-state index >= 15 is 0 Å². The fourth-order valence-corrected chi connectivity index (χ4v) is 3.21. The van der Waals surface area contributed by atoms with Crippen LogP contribution in [0.2, 0.25) is 0 Å². The molecule has 0 radical (unpaired) electrons. The van der Waals surface area contributed by atoms with E-state index in [1.54, 1.807) is 12.1 Å². The van der Waals surface area contributed by atoms with E-state index in [1.807, 2.05) is 31.2 Å². The average Bonchev–Trinajstić information content (AvgIpc) is 2.53. The molecular weight excluding hydrogens is 380 g/mol. The highest BCUT2D eigenvalue weighted by atomic mass is 79.9. The molecule has 0 fully saturated rings. The van der Waals surface area contributed by atoms with Crippen LogP contribution in [0.15, 0.2) is 57.9 Å². The number of hydrogen-bond acceptors (Lipinski definition) is 4. The van der Waals surface area contributed by atoms with Gasteiger partial charge in [-0.25, -0.2) is 0 Å². The van der Waals surface area contributed by atoms with Crippen molar-refractivity contribution in [2.24, 2.45) is 0 Å². The maximum Gasteiger partial charge on any atom is 0.297 e. The third-order valence-corrected chi connectivity index (χ3v) is 5.23. The standard InChI is InChI=1S/C17H19BrO4S/c1-13-2-10-17(11-3-13)23(20,21)22-12-16(19)9-6-14-4-7-15(18)8-5-14/h2-5,7-8,10-11,16,19H,6,9,12H2,1H3/t16-/m0/s1. The smallest absolute Gasteiger partial charge is 0.297 e. The number of halogens is 1. The minimum atomic E-state index is -3.83. The summed E-state index contributed by atoms with van der Waals surface area (Å²) < 4.78 is 30.0. The lowest BCUT2D eigenvalue weighted by molar-refractivity contribution is 0.103. The normalized spacial score (nSPS) is 13.0. The average molecular weight is 399 g/mol. The van der Waals surface area contributed by atoms with E-state index in [0.29, 0.717) is 12.8 Å². The van der Waals surface area contributed by atoms with Crippen LogP contribution in [-0.2, 0) is 20.7 Å². The number of aryl methyl sites for hydroxylation is 2. The molecule has 0 saturated heterocycles. The Kier molecular flexibility index (Phi) is 6.35. The molecule has 2 aromatic carbocycles. The van der Waals surface area contributed by atoms with Crippen LogP contribution in [0.5, 0.6) is 0 Å². The molecule has 0 aliphatic heterocycles. The van der Waals surface area contributed by atoms with Crippen LogP contribution in [0, 0.1) is 6.92 Å². The minimum absolute atomic E-state index is 0.100. The van der Waals surface area contributed by atoms with Gasteiger partial charge in [0, 0.05) is 4.47 Å². The molecule has 6 heteroatoms. The van der Waals surface area contributed by atoms with Crippen LogP contribution < -0.4 is 0 Å². The molecule has 0 aromatic heterocycles. The second-order valence-corrected chi connectivity index (χ2v) is 7.90. The molecule has 23 heavy (non-hydrogen) atoms. The van der Waals surface area contributed by atoms with Crippen LogP contribution in [-0.4, -0.2) is 26.2 Å². The molecule has 0 bridgehead atoms. The second-order valence-electron chi connectivity index (χ2n) is 5.37. The zero-order valence-electron chi connectivity index (χ0n) is 12.8. The van der Waals surface area contributed by atoms with Crippen molar-refractivity contribution in [3.8, 4) is 0 Å². The van der Waals surface area contributed by atoms with Crippen LogP contribution in [0.3, 0.4) is 0 Å². The fraction of sp³-hybridized carbons (Fsp3) is 0.294. The quantitative estimate of drug-likeness (QED) is 0.725. The molecule has 2 aromatic rings. The van der Waals surface area contributed by atoms with Gasteiger partial charge < -0.3 is 5.11 Å². The van der Waals surface area contributed by atoms with E-state index in [9.17, 15) is 13.5 Å². The van der Waals surface area contributed by atoms with Gasteiger partial charge in [-0.15, -0.1) is 0 Å². The molecule has 2 rings (SSSR count). The van der Waals surface area contributed by atoms with Crippen molar-refractivity contribution in [1.82, 2.24) is 0 Å². The van der Waals surface area contributed by atoms with Gasteiger partial charge in [0.1, 0.15) is 0 Å². The van der Waals surface area contributed by atoms with Gasteiger partial charge in [-0.05, 0) is 49.6 Å². The monoisotopic (exact) mass is 398 g/mol. The van der Waals surface area contributed by atoms with E-state index in [0.717, 1.165) is 15.6 Å². The van der Waals surface area contributed by atoms with Crippen molar-refractivity contribution in [1.29, 1.82) is 0 Å². The second kappa shape index (κ2) is 8.06. The van der Waals surface area contributed by atoms with Gasteiger partial charge in [-0.3, -0.25) is 4.18 Å². The number of benzene rings is 2. The summed E-state index contributed by atoms with van der Waals surface area (Å²) in [6.45, 7) is 1.63. The highest BCUT2D eigenvalue weighted by Gasteiger charge is 2.17. The first-order valence-electron chi connectivity index (χ1n) is 7.25. The fourth-order valence-electron chi connectivity index (χ4n) is 2.01. The summed E-state index contributed by atoms with van der Waals surface area (Å²) in [4.78, 5) is 0.100. The van der Waals surface area contributed by atoms with Gasteiger partial charge in [-0.2, -0.15) is 8.42 Å². The molecule has 0 amide bonds. The summed E-state index contributed by atoms with van der Waals surface area (Å²) >= 11 is 3.36. The third kappa shape index (κ3) is 5.73. The molecule has 1 atom stereocenters. The van der Waals surface area contributed by atoms with Gasteiger partial charge >= 0.3 is 0 Å². The summed E-state index contributed by atoms with van der Waals surface area (Å²) in [7, 11) is -3.83. The van der Waals surface area contributed by atoms with Crippen LogP contribution in [0.4, 0.5) is 0 Å². The Hall–Kier alpha value is -1.21. The van der Waals surface area contributed by atoms with Gasteiger partial charge in [0.25, 0.3) is 10.1 Å². The number of aliphatic hydroxyl groups is 1. The largest absolute Gasteiger partial charge is 0.391 e. The van der Waals surface area contributed by atoms with Crippen LogP contribution >= 0.6 is 15.9 Å². The lowest BCUT2D eigenvalue weighted by Gasteiger charge is -2.11. The van der Waals surface area contributed by atoms with Gasteiger partial charge in [0.15, 0.2) is 0 Å². The molecule has 0 unspecified atom stereocenters. The molecule has 0 saturated carbocycles. The highest BCUT2D eigenvalue weighted by molar-refractivity contribution is 9.10. The van der Waals surface area contributed by atoms with E-state index in [-0.39, 0.29) is 11.5 Å². The summed E-state index contributed by atoms with van der Waals surface area (Å²) in [5.41, 5.74) is 2.05. The van der Waals surface area contributed by atoms with Crippen molar-refractivity contribution < 1.29 is 17.7 Å². The van der Waals surface area contributed by atoms with E-state index in [1.165, 1.54) is 12.1 Å². The Bertz CT molecular complexity index is 724. The molecule has 0 aliphatic rings. The van der Waals surface area contributed by atoms with Gasteiger partial charge in [0.2, 0.25) is 0 Å². The predicted molar refractivity (Wildman–Crippen MR) is 92.8 cm³/mol. The Morgan fingerprint density at radius 2 is 1.70 bits per heavy atom. The Labute approximate surface area is 145 Å². The van der Waals surface area contributed by atoms with Crippen LogP contribution in [0.25, 0.3) is 0 Å². The third-order valence-electron chi connectivity index (χ3n) is 3.40. The van der Waals surface area contributed by atoms with Gasteiger partial charge in [0.05, 0.1) is 17.6 Å². The molecule has 4 nitrogen and oxygen atoms in total. The molecule has 1 N–H and O–H groups in total.